The predicted octanol–water partition coefficient (Wildman–Crippen LogP) is 2.42. The molecule has 15 heavy (non-hydrogen) atoms. The van der Waals surface area contributed by atoms with Gasteiger partial charge in [-0.1, -0.05) is 18.2 Å². The van der Waals surface area contributed by atoms with E-state index in [1.54, 1.807) is 0 Å². The highest BCUT2D eigenvalue weighted by atomic mass is 127. The van der Waals surface area contributed by atoms with Gasteiger partial charge < -0.3 is 10.2 Å². The van der Waals surface area contributed by atoms with E-state index in [1.165, 1.54) is 12.8 Å². The Morgan fingerprint density at radius 2 is 2.07 bits per heavy atom. The molecule has 88 valence electrons. The van der Waals surface area contributed by atoms with E-state index in [0.29, 0.717) is 11.6 Å². The van der Waals surface area contributed by atoms with Gasteiger partial charge in [0, 0.05) is 24.7 Å². The molecule has 0 aromatic carbocycles. The van der Waals surface area contributed by atoms with Crippen LogP contribution in [0.15, 0.2) is 16.6 Å². The topological polar surface area (TPSA) is 27.6 Å². The lowest BCUT2D eigenvalue weighted by atomic mass is 10.4. The maximum Gasteiger partial charge on any atom is 0.194 e. The first-order chi connectivity index (χ1) is 6.74. The van der Waals surface area contributed by atoms with Crippen LogP contribution < -0.4 is 5.32 Å². The fourth-order valence-corrected chi connectivity index (χ4v) is 1.58. The monoisotopic (exact) mass is 343 g/mol. The van der Waals surface area contributed by atoms with E-state index >= 15 is 0 Å². The van der Waals surface area contributed by atoms with Crippen LogP contribution in [0.5, 0.6) is 0 Å². The highest BCUT2D eigenvalue weighted by Crippen LogP contribution is 2.08. The quantitative estimate of drug-likeness (QED) is 0.484. The van der Waals surface area contributed by atoms with Gasteiger partial charge in [-0.05, 0) is 19.8 Å². The largest absolute Gasteiger partial charge is 0.357 e. The lowest BCUT2D eigenvalue weighted by molar-refractivity contribution is 0.495. The Hall–Kier alpha value is 0.0300. The summed E-state index contributed by atoms with van der Waals surface area (Å²) in [5.74, 6) is 0.965. The number of guanidine groups is 1. The summed E-state index contributed by atoms with van der Waals surface area (Å²) >= 11 is 5.68. The van der Waals surface area contributed by atoms with Crippen molar-refractivity contribution in [1.82, 2.24) is 10.2 Å². The molecule has 1 fully saturated rings. The van der Waals surface area contributed by atoms with Crippen molar-refractivity contribution < 1.29 is 0 Å². The standard InChI is InChI=1S/C10H18ClN3.HI/c1-3-12-10(13-8-9(2)11)14-6-4-5-7-14;/h2-8H2,1H3,(H,12,13);1H. The Bertz CT molecular complexity index is 225. The van der Waals surface area contributed by atoms with Gasteiger partial charge in [0.2, 0.25) is 0 Å². The van der Waals surface area contributed by atoms with Crippen LogP contribution in [-0.2, 0) is 0 Å². The van der Waals surface area contributed by atoms with E-state index in [2.05, 4.69) is 28.7 Å². The Kier molecular flexibility index (Phi) is 8.23. The van der Waals surface area contributed by atoms with E-state index in [4.69, 9.17) is 11.6 Å². The van der Waals surface area contributed by atoms with E-state index in [9.17, 15) is 0 Å². The Balaban J connectivity index is 0.00000196. The average Bonchev–Trinajstić information content (AvgIpc) is 2.64. The van der Waals surface area contributed by atoms with Gasteiger partial charge in [0.05, 0.1) is 6.54 Å². The normalized spacial score (nSPS) is 16.1. The van der Waals surface area contributed by atoms with E-state index in [1.807, 2.05) is 0 Å². The summed E-state index contributed by atoms with van der Waals surface area (Å²) in [6, 6.07) is 0. The molecule has 0 amide bonds. The molecule has 0 unspecified atom stereocenters. The summed E-state index contributed by atoms with van der Waals surface area (Å²) in [6.07, 6.45) is 2.51. The van der Waals surface area contributed by atoms with Gasteiger partial charge >= 0.3 is 0 Å². The number of nitrogens with one attached hydrogen (secondary N) is 1. The number of aliphatic imine (C=N–C) groups is 1. The van der Waals surface area contributed by atoms with Crippen molar-refractivity contribution in [2.24, 2.45) is 4.99 Å². The maximum absolute atomic E-state index is 5.68. The molecule has 1 saturated heterocycles. The Morgan fingerprint density at radius 3 is 2.53 bits per heavy atom. The average molecular weight is 344 g/mol. The molecular formula is C10H19ClIN3. The van der Waals surface area contributed by atoms with Crippen molar-refractivity contribution in [3.8, 4) is 0 Å². The molecule has 0 aromatic heterocycles. The third-order valence-corrected chi connectivity index (χ3v) is 2.26. The summed E-state index contributed by atoms with van der Waals surface area (Å²) in [4.78, 5) is 6.66. The van der Waals surface area contributed by atoms with Crippen LogP contribution >= 0.6 is 35.6 Å². The second-order valence-corrected chi connectivity index (χ2v) is 3.92. The number of hydrogen-bond acceptors (Lipinski definition) is 1. The molecule has 0 radical (unpaired) electrons. The zero-order valence-corrected chi connectivity index (χ0v) is 12.2. The second kappa shape index (κ2) is 8.21. The highest BCUT2D eigenvalue weighted by Gasteiger charge is 2.14. The Labute approximate surface area is 114 Å². The second-order valence-electron chi connectivity index (χ2n) is 3.38. The first-order valence-electron chi connectivity index (χ1n) is 5.10. The molecule has 0 aliphatic carbocycles. The van der Waals surface area contributed by atoms with Crippen LogP contribution in [0.1, 0.15) is 19.8 Å². The third-order valence-electron chi connectivity index (χ3n) is 2.14. The number of hydrogen-bond donors (Lipinski definition) is 1. The van der Waals surface area contributed by atoms with Crippen LogP contribution in [0.2, 0.25) is 0 Å². The van der Waals surface area contributed by atoms with Gasteiger partial charge in [-0.2, -0.15) is 0 Å². The molecule has 1 N–H and O–H groups in total. The first kappa shape index (κ1) is 15.0. The molecule has 1 aliphatic heterocycles. The fraction of sp³-hybridized carbons (Fsp3) is 0.700. The first-order valence-corrected chi connectivity index (χ1v) is 5.48. The molecule has 1 heterocycles. The van der Waals surface area contributed by atoms with Crippen molar-refractivity contribution in [2.75, 3.05) is 26.2 Å². The number of nitrogens with zero attached hydrogens (tertiary/aromatic N) is 2. The molecule has 0 spiro atoms. The minimum Gasteiger partial charge on any atom is -0.357 e. The molecule has 3 nitrogen and oxygen atoms in total. The highest BCUT2D eigenvalue weighted by molar-refractivity contribution is 14.0. The lowest BCUT2D eigenvalue weighted by Crippen LogP contribution is -2.39. The van der Waals surface area contributed by atoms with Crippen molar-refractivity contribution in [1.29, 1.82) is 0 Å². The van der Waals surface area contributed by atoms with Crippen LogP contribution in [0.4, 0.5) is 0 Å². The summed E-state index contributed by atoms with van der Waals surface area (Å²) in [6.45, 7) is 9.29. The van der Waals surface area contributed by atoms with Crippen molar-refractivity contribution in [2.45, 2.75) is 19.8 Å². The third kappa shape index (κ3) is 5.61. The summed E-state index contributed by atoms with van der Waals surface area (Å²) in [5.41, 5.74) is 0. The van der Waals surface area contributed by atoms with Crippen LogP contribution in [0, 0.1) is 0 Å². The minimum atomic E-state index is 0. The van der Waals surface area contributed by atoms with Gasteiger partial charge in [-0.3, -0.25) is 0 Å². The molecule has 1 aliphatic rings. The molecule has 0 atom stereocenters. The van der Waals surface area contributed by atoms with E-state index in [0.717, 1.165) is 25.6 Å². The molecule has 1 rings (SSSR count). The van der Waals surface area contributed by atoms with Crippen LogP contribution in [0.3, 0.4) is 0 Å². The summed E-state index contributed by atoms with van der Waals surface area (Å²) < 4.78 is 0. The molecule has 0 saturated carbocycles. The van der Waals surface area contributed by atoms with Crippen molar-refractivity contribution in [3.05, 3.63) is 11.6 Å². The predicted molar refractivity (Wildman–Crippen MR) is 77.2 cm³/mol. The molecule has 5 heteroatoms. The smallest absolute Gasteiger partial charge is 0.194 e. The van der Waals surface area contributed by atoms with E-state index in [-0.39, 0.29) is 24.0 Å². The molecule has 0 bridgehead atoms. The van der Waals surface area contributed by atoms with Gasteiger partial charge in [-0.25, -0.2) is 4.99 Å². The van der Waals surface area contributed by atoms with Crippen LogP contribution in [-0.4, -0.2) is 37.0 Å². The fourth-order valence-electron chi connectivity index (χ4n) is 1.52. The summed E-state index contributed by atoms with van der Waals surface area (Å²) in [7, 11) is 0. The minimum absolute atomic E-state index is 0. The number of rotatable bonds is 3. The zero-order chi connectivity index (χ0) is 10.4. The Morgan fingerprint density at radius 1 is 1.47 bits per heavy atom. The van der Waals surface area contributed by atoms with Gasteiger partial charge in [0.15, 0.2) is 5.96 Å². The van der Waals surface area contributed by atoms with Gasteiger partial charge in [0.1, 0.15) is 0 Å². The van der Waals surface area contributed by atoms with Gasteiger partial charge in [0.25, 0.3) is 0 Å². The SMILES string of the molecule is C=C(Cl)CN=C(NCC)N1CCCC1.I. The van der Waals surface area contributed by atoms with Crippen molar-refractivity contribution >= 4 is 41.5 Å². The van der Waals surface area contributed by atoms with Crippen LogP contribution in [0.25, 0.3) is 0 Å². The molecule has 0 aromatic rings. The maximum atomic E-state index is 5.68. The number of likely N-dealkylation sites (tertiary alicyclic amines) is 1. The zero-order valence-electron chi connectivity index (χ0n) is 9.13. The summed E-state index contributed by atoms with van der Waals surface area (Å²) in [5, 5.41) is 3.84. The lowest BCUT2D eigenvalue weighted by Gasteiger charge is -2.20. The van der Waals surface area contributed by atoms with E-state index < -0.39 is 0 Å². The number of halogens is 2. The molecular weight excluding hydrogens is 324 g/mol. The van der Waals surface area contributed by atoms with Gasteiger partial charge in [-0.15, -0.1) is 24.0 Å². The van der Waals surface area contributed by atoms with Crippen molar-refractivity contribution in [3.63, 3.8) is 0 Å².